The molecule has 3 rings (SSSR count). The molecule has 0 bridgehead atoms. The summed E-state index contributed by atoms with van der Waals surface area (Å²) in [6.07, 6.45) is 0. The number of hydrogen-bond donors (Lipinski definition) is 1. The summed E-state index contributed by atoms with van der Waals surface area (Å²) in [6, 6.07) is 15.1. The van der Waals surface area contributed by atoms with Crippen molar-refractivity contribution >= 4 is 5.91 Å². The number of benzene rings is 2. The summed E-state index contributed by atoms with van der Waals surface area (Å²) >= 11 is 0. The molecule has 3 aromatic rings. The van der Waals surface area contributed by atoms with Crippen LogP contribution in [-0.4, -0.2) is 29.3 Å². The highest BCUT2D eigenvalue weighted by Gasteiger charge is 2.15. The maximum absolute atomic E-state index is 12.9. The van der Waals surface area contributed by atoms with Crippen LogP contribution in [0.1, 0.15) is 16.1 Å². The molecule has 0 atom stereocenters. The van der Waals surface area contributed by atoms with Crippen molar-refractivity contribution in [1.29, 1.82) is 0 Å². The van der Waals surface area contributed by atoms with Gasteiger partial charge in [-0.1, -0.05) is 24.0 Å². The van der Waals surface area contributed by atoms with Crippen LogP contribution in [-0.2, 0) is 7.05 Å². The molecule has 0 aliphatic rings. The zero-order valence-electron chi connectivity index (χ0n) is 15.0. The van der Waals surface area contributed by atoms with Gasteiger partial charge in [0.1, 0.15) is 17.3 Å². The van der Waals surface area contributed by atoms with E-state index >= 15 is 0 Å². The van der Waals surface area contributed by atoms with E-state index in [0.29, 0.717) is 22.7 Å². The molecule has 0 aliphatic carbocycles. The Labute approximate surface area is 156 Å². The van der Waals surface area contributed by atoms with Gasteiger partial charge in [0.25, 0.3) is 5.91 Å². The molecule has 27 heavy (non-hydrogen) atoms. The Balaban J connectivity index is 1.69. The van der Waals surface area contributed by atoms with E-state index in [2.05, 4.69) is 22.3 Å². The number of para-hydroxylation sites is 1. The van der Waals surface area contributed by atoms with Crippen molar-refractivity contribution in [2.24, 2.45) is 7.05 Å². The van der Waals surface area contributed by atoms with Gasteiger partial charge in [-0.25, -0.2) is 4.39 Å². The zero-order chi connectivity index (χ0) is 19.2. The van der Waals surface area contributed by atoms with Crippen molar-refractivity contribution in [2.75, 3.05) is 13.7 Å². The third kappa shape index (κ3) is 4.33. The Kier molecular flexibility index (Phi) is 5.53. The standard InChI is InChI=1S/C21H18FN3O2/c1-25-19(14-18(24-25)17-7-3-4-8-20(17)27-2)21(26)23-13-5-6-15-9-11-16(22)12-10-15/h3-4,7-12,14H,13H2,1-2H3,(H,23,26). The molecule has 0 unspecified atom stereocenters. The third-order valence-electron chi connectivity index (χ3n) is 3.91. The number of ether oxygens (including phenoxy) is 1. The third-order valence-corrected chi connectivity index (χ3v) is 3.91. The van der Waals surface area contributed by atoms with Crippen LogP contribution in [0.25, 0.3) is 11.3 Å². The van der Waals surface area contributed by atoms with Crippen molar-refractivity contribution in [2.45, 2.75) is 0 Å². The Hall–Kier alpha value is -3.59. The molecular weight excluding hydrogens is 345 g/mol. The van der Waals surface area contributed by atoms with E-state index in [-0.39, 0.29) is 18.3 Å². The highest BCUT2D eigenvalue weighted by Crippen LogP contribution is 2.28. The number of carbonyl (C=O) groups excluding carboxylic acids is 1. The maximum atomic E-state index is 12.9. The van der Waals surface area contributed by atoms with Crippen molar-refractivity contribution in [3.05, 3.63) is 71.7 Å². The molecule has 1 heterocycles. The van der Waals surface area contributed by atoms with Crippen molar-refractivity contribution in [3.8, 4) is 28.8 Å². The molecule has 0 spiro atoms. The van der Waals surface area contributed by atoms with Crippen LogP contribution >= 0.6 is 0 Å². The number of methoxy groups -OCH3 is 1. The average molecular weight is 363 g/mol. The van der Waals surface area contributed by atoms with Crippen LogP contribution in [0, 0.1) is 17.7 Å². The van der Waals surface area contributed by atoms with E-state index in [0.717, 1.165) is 5.56 Å². The summed E-state index contributed by atoms with van der Waals surface area (Å²) in [5.41, 5.74) is 2.56. The highest BCUT2D eigenvalue weighted by atomic mass is 19.1. The molecule has 1 N–H and O–H groups in total. The summed E-state index contributed by atoms with van der Waals surface area (Å²) < 4.78 is 19.7. The molecule has 0 saturated heterocycles. The second-order valence-corrected chi connectivity index (χ2v) is 5.73. The largest absolute Gasteiger partial charge is 0.496 e. The molecule has 1 amide bonds. The fourth-order valence-corrected chi connectivity index (χ4v) is 2.56. The first kappa shape index (κ1) is 18.2. The lowest BCUT2D eigenvalue weighted by Crippen LogP contribution is -2.25. The number of hydrogen-bond acceptors (Lipinski definition) is 3. The topological polar surface area (TPSA) is 56.1 Å². The number of carbonyl (C=O) groups is 1. The molecule has 0 fully saturated rings. The average Bonchev–Trinajstić information content (AvgIpc) is 3.08. The van der Waals surface area contributed by atoms with E-state index in [4.69, 9.17) is 4.74 Å². The van der Waals surface area contributed by atoms with Crippen LogP contribution in [0.15, 0.2) is 54.6 Å². The Morgan fingerprint density at radius 3 is 2.70 bits per heavy atom. The van der Waals surface area contributed by atoms with Gasteiger partial charge in [0, 0.05) is 18.2 Å². The van der Waals surface area contributed by atoms with Crippen LogP contribution in [0.3, 0.4) is 0 Å². The second kappa shape index (κ2) is 8.19. The lowest BCUT2D eigenvalue weighted by atomic mass is 10.1. The molecule has 136 valence electrons. The fraction of sp³-hybridized carbons (Fsp3) is 0.143. The van der Waals surface area contributed by atoms with Gasteiger partial charge >= 0.3 is 0 Å². The number of nitrogens with one attached hydrogen (secondary N) is 1. The number of aromatic nitrogens is 2. The minimum atomic E-state index is -0.309. The van der Waals surface area contributed by atoms with Crippen molar-refractivity contribution < 1.29 is 13.9 Å². The number of aryl methyl sites for hydroxylation is 1. The zero-order valence-corrected chi connectivity index (χ0v) is 15.0. The van der Waals surface area contributed by atoms with Crippen molar-refractivity contribution in [3.63, 3.8) is 0 Å². The molecule has 0 saturated carbocycles. The number of halogens is 1. The minimum absolute atomic E-state index is 0.172. The molecule has 1 aromatic heterocycles. The second-order valence-electron chi connectivity index (χ2n) is 5.73. The maximum Gasteiger partial charge on any atom is 0.270 e. The number of amides is 1. The Bertz CT molecular complexity index is 1010. The van der Waals surface area contributed by atoms with Crippen LogP contribution in [0.2, 0.25) is 0 Å². The first-order chi connectivity index (χ1) is 13.1. The summed E-state index contributed by atoms with van der Waals surface area (Å²) in [5, 5.41) is 7.14. The van der Waals surface area contributed by atoms with Gasteiger partial charge in [-0.15, -0.1) is 0 Å². The fourth-order valence-electron chi connectivity index (χ4n) is 2.56. The van der Waals surface area contributed by atoms with Gasteiger partial charge in [-0.05, 0) is 42.5 Å². The summed E-state index contributed by atoms with van der Waals surface area (Å²) in [7, 11) is 3.30. The summed E-state index contributed by atoms with van der Waals surface area (Å²) in [6.45, 7) is 0.172. The van der Waals surface area contributed by atoms with E-state index in [1.165, 1.54) is 16.8 Å². The number of rotatable bonds is 4. The van der Waals surface area contributed by atoms with Gasteiger partial charge in [0.2, 0.25) is 0 Å². The van der Waals surface area contributed by atoms with Gasteiger partial charge in [-0.3, -0.25) is 9.48 Å². The molecule has 6 heteroatoms. The number of nitrogens with zero attached hydrogens (tertiary/aromatic N) is 2. The summed E-state index contributed by atoms with van der Waals surface area (Å²) in [5.74, 6) is 5.81. The first-order valence-electron chi connectivity index (χ1n) is 8.28. The van der Waals surface area contributed by atoms with Crippen LogP contribution in [0.5, 0.6) is 5.75 Å². The predicted octanol–water partition coefficient (Wildman–Crippen LogP) is 3.02. The van der Waals surface area contributed by atoms with Gasteiger partial charge < -0.3 is 10.1 Å². The van der Waals surface area contributed by atoms with Crippen LogP contribution in [0.4, 0.5) is 4.39 Å². The van der Waals surface area contributed by atoms with E-state index in [1.54, 1.807) is 32.4 Å². The molecule has 0 radical (unpaired) electrons. The minimum Gasteiger partial charge on any atom is -0.496 e. The van der Waals surface area contributed by atoms with Crippen LogP contribution < -0.4 is 10.1 Å². The molecule has 2 aromatic carbocycles. The van der Waals surface area contributed by atoms with Gasteiger partial charge in [0.05, 0.1) is 19.3 Å². The first-order valence-corrected chi connectivity index (χ1v) is 8.28. The normalized spacial score (nSPS) is 10.0. The van der Waals surface area contributed by atoms with Crippen molar-refractivity contribution in [1.82, 2.24) is 15.1 Å². The van der Waals surface area contributed by atoms with Gasteiger partial charge in [-0.2, -0.15) is 5.10 Å². The highest BCUT2D eigenvalue weighted by molar-refractivity contribution is 5.94. The summed E-state index contributed by atoms with van der Waals surface area (Å²) in [4.78, 5) is 12.4. The van der Waals surface area contributed by atoms with E-state index in [9.17, 15) is 9.18 Å². The van der Waals surface area contributed by atoms with Gasteiger partial charge in [0.15, 0.2) is 0 Å². The quantitative estimate of drug-likeness (QED) is 0.725. The lowest BCUT2D eigenvalue weighted by molar-refractivity contribution is 0.0949. The lowest BCUT2D eigenvalue weighted by Gasteiger charge is -2.04. The predicted molar refractivity (Wildman–Crippen MR) is 101 cm³/mol. The monoisotopic (exact) mass is 363 g/mol. The Morgan fingerprint density at radius 1 is 1.22 bits per heavy atom. The molecule has 5 nitrogen and oxygen atoms in total. The SMILES string of the molecule is COc1ccccc1-c1cc(C(=O)NCC#Cc2ccc(F)cc2)n(C)n1. The molecular formula is C21H18FN3O2. The van der Waals surface area contributed by atoms with E-state index < -0.39 is 0 Å². The Morgan fingerprint density at radius 2 is 1.96 bits per heavy atom. The smallest absolute Gasteiger partial charge is 0.270 e. The molecule has 0 aliphatic heterocycles. The van der Waals surface area contributed by atoms with E-state index in [1.807, 2.05) is 24.3 Å².